The molecule has 1 saturated carbocycles. The van der Waals surface area contributed by atoms with E-state index in [0.717, 1.165) is 29.2 Å². The van der Waals surface area contributed by atoms with Gasteiger partial charge < -0.3 is 10.1 Å². The lowest BCUT2D eigenvalue weighted by Gasteiger charge is -2.10. The highest BCUT2D eigenvalue weighted by atomic mass is 79.9. The minimum Gasteiger partial charge on any atom is -0.493 e. The third kappa shape index (κ3) is 4.17. The van der Waals surface area contributed by atoms with E-state index in [4.69, 9.17) is 4.74 Å². The van der Waals surface area contributed by atoms with Gasteiger partial charge in [0.25, 0.3) is 0 Å². The normalized spacial score (nSPS) is 14.6. The average molecular weight is 296 g/mol. The van der Waals surface area contributed by atoms with Crippen LogP contribution in [0.2, 0.25) is 0 Å². The minimum absolute atomic E-state index is 0.695. The standard InChI is InChI=1S/C14H18BrNO/c1-2-3-8-17-13-6-7-14(15)11(9-13)10-16-12-4-5-12/h2,6-7,9,12,16H,1,3-5,8,10H2. The van der Waals surface area contributed by atoms with Gasteiger partial charge >= 0.3 is 0 Å². The van der Waals surface area contributed by atoms with E-state index in [0.29, 0.717) is 6.61 Å². The maximum absolute atomic E-state index is 5.64. The third-order valence-corrected chi connectivity index (χ3v) is 3.54. The molecule has 0 amide bonds. The summed E-state index contributed by atoms with van der Waals surface area (Å²) in [6.07, 6.45) is 5.38. The largest absolute Gasteiger partial charge is 0.493 e. The van der Waals surface area contributed by atoms with Crippen LogP contribution in [0.4, 0.5) is 0 Å². The maximum atomic E-state index is 5.64. The molecule has 0 radical (unpaired) electrons. The highest BCUT2D eigenvalue weighted by Gasteiger charge is 2.20. The molecule has 0 saturated heterocycles. The molecule has 0 spiro atoms. The van der Waals surface area contributed by atoms with Crippen molar-refractivity contribution in [1.29, 1.82) is 0 Å². The van der Waals surface area contributed by atoms with Crippen LogP contribution in [0.15, 0.2) is 35.3 Å². The molecule has 1 aliphatic rings. The van der Waals surface area contributed by atoms with Gasteiger partial charge in [-0.3, -0.25) is 0 Å². The molecule has 2 rings (SSSR count). The Kier molecular flexibility index (Phi) is 4.63. The Labute approximate surface area is 111 Å². The molecule has 0 unspecified atom stereocenters. The van der Waals surface area contributed by atoms with E-state index in [9.17, 15) is 0 Å². The molecule has 1 aromatic carbocycles. The number of nitrogens with one attached hydrogen (secondary N) is 1. The summed E-state index contributed by atoms with van der Waals surface area (Å²) < 4.78 is 6.79. The number of halogens is 1. The Morgan fingerprint density at radius 1 is 1.47 bits per heavy atom. The van der Waals surface area contributed by atoms with Crippen LogP contribution in [0.1, 0.15) is 24.8 Å². The topological polar surface area (TPSA) is 21.3 Å². The molecule has 0 aliphatic heterocycles. The van der Waals surface area contributed by atoms with E-state index in [1.165, 1.54) is 18.4 Å². The van der Waals surface area contributed by atoms with Crippen molar-refractivity contribution >= 4 is 15.9 Å². The van der Waals surface area contributed by atoms with Crippen molar-refractivity contribution in [3.8, 4) is 5.75 Å². The molecule has 92 valence electrons. The van der Waals surface area contributed by atoms with Crippen LogP contribution in [0, 0.1) is 0 Å². The van der Waals surface area contributed by atoms with Crippen molar-refractivity contribution in [2.24, 2.45) is 0 Å². The first-order chi connectivity index (χ1) is 8.29. The molecule has 0 atom stereocenters. The van der Waals surface area contributed by atoms with Gasteiger partial charge in [0.2, 0.25) is 0 Å². The molecule has 1 N–H and O–H groups in total. The molecule has 0 heterocycles. The van der Waals surface area contributed by atoms with E-state index in [1.807, 2.05) is 18.2 Å². The lowest BCUT2D eigenvalue weighted by atomic mass is 10.2. The third-order valence-electron chi connectivity index (χ3n) is 2.77. The first-order valence-electron chi connectivity index (χ1n) is 6.05. The van der Waals surface area contributed by atoms with E-state index in [-0.39, 0.29) is 0 Å². The van der Waals surface area contributed by atoms with Crippen LogP contribution in [0.5, 0.6) is 5.75 Å². The number of ether oxygens (including phenoxy) is 1. The fourth-order valence-corrected chi connectivity index (χ4v) is 1.97. The van der Waals surface area contributed by atoms with Crippen LogP contribution in [-0.2, 0) is 6.54 Å². The summed E-state index contributed by atoms with van der Waals surface area (Å²) in [5, 5.41) is 3.51. The van der Waals surface area contributed by atoms with Crippen molar-refractivity contribution < 1.29 is 4.74 Å². The molecule has 1 aromatic rings. The zero-order chi connectivity index (χ0) is 12.1. The molecule has 2 nitrogen and oxygen atoms in total. The molecule has 0 aromatic heterocycles. The summed E-state index contributed by atoms with van der Waals surface area (Å²) in [6, 6.07) is 6.87. The summed E-state index contributed by atoms with van der Waals surface area (Å²) in [4.78, 5) is 0. The minimum atomic E-state index is 0.695. The predicted molar refractivity (Wildman–Crippen MR) is 74.3 cm³/mol. The van der Waals surface area contributed by atoms with Gasteiger partial charge in [0.1, 0.15) is 5.75 Å². The monoisotopic (exact) mass is 295 g/mol. The van der Waals surface area contributed by atoms with E-state index in [1.54, 1.807) is 0 Å². The molecule has 1 fully saturated rings. The average Bonchev–Trinajstić information content (AvgIpc) is 3.14. The Bertz CT molecular complexity index is 388. The summed E-state index contributed by atoms with van der Waals surface area (Å²) in [6.45, 7) is 5.28. The highest BCUT2D eigenvalue weighted by molar-refractivity contribution is 9.10. The van der Waals surface area contributed by atoms with Gasteiger partial charge in [-0.15, -0.1) is 6.58 Å². The van der Waals surface area contributed by atoms with Crippen molar-refractivity contribution in [1.82, 2.24) is 5.32 Å². The van der Waals surface area contributed by atoms with Crippen LogP contribution in [-0.4, -0.2) is 12.6 Å². The van der Waals surface area contributed by atoms with Crippen LogP contribution in [0.3, 0.4) is 0 Å². The number of hydrogen-bond donors (Lipinski definition) is 1. The fourth-order valence-electron chi connectivity index (χ4n) is 1.58. The number of hydrogen-bond acceptors (Lipinski definition) is 2. The zero-order valence-corrected chi connectivity index (χ0v) is 11.5. The van der Waals surface area contributed by atoms with Crippen molar-refractivity contribution in [2.75, 3.05) is 6.61 Å². The smallest absolute Gasteiger partial charge is 0.119 e. The first-order valence-corrected chi connectivity index (χ1v) is 6.84. The second-order valence-electron chi connectivity index (χ2n) is 4.33. The summed E-state index contributed by atoms with van der Waals surface area (Å²) in [5.74, 6) is 0.933. The Hall–Kier alpha value is -0.800. The highest BCUT2D eigenvalue weighted by Crippen LogP contribution is 2.25. The Morgan fingerprint density at radius 3 is 3.00 bits per heavy atom. The van der Waals surface area contributed by atoms with Gasteiger partial charge in [0.05, 0.1) is 6.61 Å². The van der Waals surface area contributed by atoms with E-state index >= 15 is 0 Å². The molecular weight excluding hydrogens is 278 g/mol. The lowest BCUT2D eigenvalue weighted by molar-refractivity contribution is 0.324. The molecule has 3 heteroatoms. The summed E-state index contributed by atoms with van der Waals surface area (Å²) in [5.41, 5.74) is 1.26. The Balaban J connectivity index is 1.92. The van der Waals surface area contributed by atoms with Crippen molar-refractivity contribution in [3.05, 3.63) is 40.9 Å². The molecule has 1 aliphatic carbocycles. The van der Waals surface area contributed by atoms with Crippen molar-refractivity contribution in [2.45, 2.75) is 31.8 Å². The van der Waals surface area contributed by atoms with Gasteiger partial charge in [-0.1, -0.05) is 22.0 Å². The summed E-state index contributed by atoms with van der Waals surface area (Å²) >= 11 is 3.57. The maximum Gasteiger partial charge on any atom is 0.119 e. The molecular formula is C14H18BrNO. The summed E-state index contributed by atoms with van der Waals surface area (Å²) in [7, 11) is 0. The molecule has 0 bridgehead atoms. The van der Waals surface area contributed by atoms with E-state index in [2.05, 4.69) is 33.9 Å². The number of rotatable bonds is 7. The first kappa shape index (κ1) is 12.7. The second-order valence-corrected chi connectivity index (χ2v) is 5.19. The van der Waals surface area contributed by atoms with Crippen LogP contribution >= 0.6 is 15.9 Å². The van der Waals surface area contributed by atoms with Gasteiger partial charge in [-0.2, -0.15) is 0 Å². The Morgan fingerprint density at radius 2 is 2.29 bits per heavy atom. The quantitative estimate of drug-likeness (QED) is 0.612. The van der Waals surface area contributed by atoms with Gasteiger partial charge in [-0.05, 0) is 43.0 Å². The van der Waals surface area contributed by atoms with Gasteiger partial charge in [-0.25, -0.2) is 0 Å². The lowest BCUT2D eigenvalue weighted by Crippen LogP contribution is -2.15. The second kappa shape index (κ2) is 6.22. The van der Waals surface area contributed by atoms with Crippen molar-refractivity contribution in [3.63, 3.8) is 0 Å². The van der Waals surface area contributed by atoms with Gasteiger partial charge in [0, 0.05) is 17.1 Å². The van der Waals surface area contributed by atoms with Gasteiger partial charge in [0.15, 0.2) is 0 Å². The predicted octanol–water partition coefficient (Wildman–Crippen LogP) is 3.66. The molecule has 17 heavy (non-hydrogen) atoms. The zero-order valence-electron chi connectivity index (χ0n) is 9.92. The SMILES string of the molecule is C=CCCOc1ccc(Br)c(CNC2CC2)c1. The fraction of sp³-hybridized carbons (Fsp3) is 0.429. The van der Waals surface area contributed by atoms with E-state index < -0.39 is 0 Å². The van der Waals surface area contributed by atoms with Crippen LogP contribution < -0.4 is 10.1 Å². The van der Waals surface area contributed by atoms with Crippen LogP contribution in [0.25, 0.3) is 0 Å². The number of benzene rings is 1.